The Morgan fingerprint density at radius 3 is 2.49 bits per heavy atom. The van der Waals surface area contributed by atoms with Crippen molar-refractivity contribution in [2.24, 2.45) is 5.92 Å². The molecule has 2 heterocycles. The monoisotopic (exact) mass is 507 g/mol. The Morgan fingerprint density at radius 1 is 1.03 bits per heavy atom. The number of likely N-dealkylation sites (tertiary alicyclic amines) is 1. The van der Waals surface area contributed by atoms with Gasteiger partial charge in [0.25, 0.3) is 0 Å². The molecule has 0 aromatic heterocycles. The van der Waals surface area contributed by atoms with Crippen LogP contribution in [0.4, 0.5) is 8.78 Å². The van der Waals surface area contributed by atoms with E-state index in [9.17, 15) is 19.0 Å². The first-order valence-corrected chi connectivity index (χ1v) is 12.6. The lowest BCUT2D eigenvalue weighted by Crippen LogP contribution is -2.36. The third-order valence-corrected chi connectivity index (χ3v) is 7.35. The lowest BCUT2D eigenvalue weighted by molar-refractivity contribution is 0.0746. The zero-order valence-corrected chi connectivity index (χ0v) is 20.9. The maximum Gasteiger partial charge on any atom is 0.242 e. The van der Waals surface area contributed by atoms with Gasteiger partial charge in [-0.2, -0.15) is 0 Å². The van der Waals surface area contributed by atoms with E-state index in [0.717, 1.165) is 27.8 Å². The Morgan fingerprint density at radius 2 is 1.78 bits per heavy atom. The van der Waals surface area contributed by atoms with Crippen molar-refractivity contribution in [1.82, 2.24) is 4.90 Å². The van der Waals surface area contributed by atoms with Gasteiger partial charge < -0.3 is 19.7 Å². The molecule has 3 aromatic rings. The van der Waals surface area contributed by atoms with Gasteiger partial charge in [0.05, 0.1) is 0 Å². The average molecular weight is 508 g/mol. The maximum atomic E-state index is 13.0. The topological polar surface area (TPSA) is 62.2 Å². The van der Waals surface area contributed by atoms with Crippen LogP contribution in [0.3, 0.4) is 0 Å². The number of alkyl halides is 2. The lowest BCUT2D eigenvalue weighted by atomic mass is 9.86. The van der Waals surface area contributed by atoms with Crippen LogP contribution >= 0.6 is 0 Å². The molecule has 0 bridgehead atoms. The van der Waals surface area contributed by atoms with Crippen LogP contribution in [0.25, 0.3) is 11.1 Å². The molecule has 194 valence electrons. The number of nitrogens with zero attached hydrogens (tertiary/aromatic N) is 1. The van der Waals surface area contributed by atoms with Gasteiger partial charge in [0.1, 0.15) is 35.7 Å². The van der Waals surface area contributed by atoms with Crippen molar-refractivity contribution in [2.45, 2.75) is 38.8 Å². The van der Waals surface area contributed by atoms with E-state index in [4.69, 9.17) is 9.47 Å². The molecule has 2 N–H and O–H groups in total. The minimum atomic E-state index is -2.27. The number of allylic oxidation sites excluding steroid dienone is 1. The number of halogens is 2. The lowest BCUT2D eigenvalue weighted by Gasteiger charge is -2.31. The number of hydrogen-bond donors (Lipinski definition) is 2. The van der Waals surface area contributed by atoms with Crippen LogP contribution in [0.2, 0.25) is 0 Å². The van der Waals surface area contributed by atoms with E-state index in [0.29, 0.717) is 37.6 Å². The van der Waals surface area contributed by atoms with Gasteiger partial charge in [-0.25, -0.2) is 8.78 Å². The van der Waals surface area contributed by atoms with Gasteiger partial charge in [-0.05, 0) is 86.0 Å². The second kappa shape index (κ2) is 10.4. The fourth-order valence-electron chi connectivity index (χ4n) is 5.20. The summed E-state index contributed by atoms with van der Waals surface area (Å²) >= 11 is 0. The van der Waals surface area contributed by atoms with Gasteiger partial charge >= 0.3 is 0 Å². The van der Waals surface area contributed by atoms with Gasteiger partial charge in [-0.3, -0.25) is 4.90 Å². The zero-order chi connectivity index (χ0) is 26.1. The highest BCUT2D eigenvalue weighted by Crippen LogP contribution is 2.47. The highest BCUT2D eigenvalue weighted by atomic mass is 19.3. The first-order valence-electron chi connectivity index (χ1n) is 12.6. The molecule has 2 aliphatic rings. The molecule has 3 aromatic carbocycles. The third-order valence-electron chi connectivity index (χ3n) is 7.35. The van der Waals surface area contributed by atoms with Gasteiger partial charge in [-0.1, -0.05) is 24.3 Å². The van der Waals surface area contributed by atoms with Gasteiger partial charge in [0.2, 0.25) is 6.43 Å². The molecule has 2 aliphatic heterocycles. The first kappa shape index (κ1) is 25.1. The van der Waals surface area contributed by atoms with Crippen molar-refractivity contribution >= 4 is 11.1 Å². The van der Waals surface area contributed by atoms with Crippen molar-refractivity contribution in [3.8, 4) is 23.0 Å². The van der Waals surface area contributed by atoms with Crippen molar-refractivity contribution < 1.29 is 28.5 Å². The molecule has 0 amide bonds. The van der Waals surface area contributed by atoms with Crippen molar-refractivity contribution in [1.29, 1.82) is 0 Å². The normalized spacial score (nSPS) is 20.6. The summed E-state index contributed by atoms with van der Waals surface area (Å²) in [7, 11) is 0. The molecule has 7 heteroatoms. The smallest absolute Gasteiger partial charge is 0.242 e. The van der Waals surface area contributed by atoms with E-state index in [1.165, 1.54) is 0 Å². The van der Waals surface area contributed by atoms with E-state index in [1.807, 2.05) is 44.2 Å². The average Bonchev–Trinajstić information content (AvgIpc) is 3.39. The molecule has 5 rings (SSSR count). The molecule has 0 spiro atoms. The number of phenols is 2. The number of ether oxygens (including phenoxy) is 2. The molecule has 3 unspecified atom stereocenters. The molecular formula is C30H31F2NO4. The summed E-state index contributed by atoms with van der Waals surface area (Å²) in [6.07, 6.45) is -2.18. The minimum absolute atomic E-state index is 0.0426. The predicted octanol–water partition coefficient (Wildman–Crippen LogP) is 6.52. The Hall–Kier alpha value is -3.58. The Kier molecular flexibility index (Phi) is 7.07. The van der Waals surface area contributed by atoms with Crippen LogP contribution < -0.4 is 9.47 Å². The van der Waals surface area contributed by atoms with Crippen molar-refractivity contribution in [3.63, 3.8) is 0 Å². The summed E-state index contributed by atoms with van der Waals surface area (Å²) in [6.45, 7) is 5.48. The molecule has 0 aliphatic carbocycles. The second-order valence-electron chi connectivity index (χ2n) is 9.87. The summed E-state index contributed by atoms with van der Waals surface area (Å²) in [5, 5.41) is 20.2. The molecule has 1 saturated heterocycles. The summed E-state index contributed by atoms with van der Waals surface area (Å²) < 4.78 is 38.4. The summed E-state index contributed by atoms with van der Waals surface area (Å²) in [5.74, 6) is 1.13. The van der Waals surface area contributed by atoms with Crippen molar-refractivity contribution in [2.75, 3.05) is 19.7 Å². The van der Waals surface area contributed by atoms with Crippen molar-refractivity contribution in [3.05, 3.63) is 83.4 Å². The maximum absolute atomic E-state index is 13.0. The van der Waals surface area contributed by atoms with Crippen LogP contribution in [0.15, 0.2) is 66.7 Å². The summed E-state index contributed by atoms with van der Waals surface area (Å²) in [5.41, 5.74) is 4.41. The highest BCUT2D eigenvalue weighted by Gasteiger charge is 2.32. The van der Waals surface area contributed by atoms with E-state index < -0.39 is 18.4 Å². The molecule has 5 nitrogen and oxygen atoms in total. The number of benzene rings is 3. The molecule has 37 heavy (non-hydrogen) atoms. The fraction of sp³-hybridized carbons (Fsp3) is 0.333. The molecule has 3 atom stereocenters. The SMILES string of the molecule is CC1=C(c2cccc(O)c2)C(c2ccc(OCC(C)N3CCC(C(F)F)C3)cc2)Oc2ccc(O)cc21. The minimum Gasteiger partial charge on any atom is -0.508 e. The Labute approximate surface area is 215 Å². The van der Waals surface area contributed by atoms with E-state index in [1.54, 1.807) is 36.4 Å². The number of hydrogen-bond acceptors (Lipinski definition) is 5. The largest absolute Gasteiger partial charge is 0.508 e. The highest BCUT2D eigenvalue weighted by molar-refractivity contribution is 5.95. The molecule has 1 fully saturated rings. The number of aromatic hydroxyl groups is 2. The van der Waals surface area contributed by atoms with Gasteiger partial charge in [0, 0.05) is 29.6 Å². The van der Waals surface area contributed by atoms with Crippen LogP contribution in [0.1, 0.15) is 43.1 Å². The summed E-state index contributed by atoms with van der Waals surface area (Å²) in [4.78, 5) is 2.06. The summed E-state index contributed by atoms with van der Waals surface area (Å²) in [6, 6.07) is 19.8. The number of fused-ring (bicyclic) bond motifs is 1. The number of rotatable bonds is 7. The number of phenolic OH excluding ortho intramolecular Hbond substituents is 2. The van der Waals surface area contributed by atoms with Crippen LogP contribution in [0, 0.1) is 5.92 Å². The standard InChI is InChI=1S/C30H31F2NO4/c1-18(33-13-12-22(16-33)30(31)32)17-36-25-9-6-20(7-10-25)29-28(21-4-3-5-23(34)14-21)19(2)26-15-24(35)8-11-27(26)37-29/h3-11,14-15,18,22,29-30,34-35H,12-13,16-17H2,1-2H3. The predicted molar refractivity (Wildman–Crippen MR) is 139 cm³/mol. The van der Waals surface area contributed by atoms with Gasteiger partial charge in [0.15, 0.2) is 0 Å². The van der Waals surface area contributed by atoms with Crippen LogP contribution in [0.5, 0.6) is 23.0 Å². The molecule has 0 saturated carbocycles. The Balaban J connectivity index is 1.36. The third kappa shape index (κ3) is 5.27. The van der Waals surface area contributed by atoms with Crippen LogP contribution in [-0.2, 0) is 0 Å². The van der Waals surface area contributed by atoms with E-state index >= 15 is 0 Å². The van der Waals surface area contributed by atoms with Crippen LogP contribution in [-0.4, -0.2) is 47.3 Å². The van der Waals surface area contributed by atoms with E-state index in [2.05, 4.69) is 4.90 Å². The van der Waals surface area contributed by atoms with E-state index in [-0.39, 0.29) is 17.5 Å². The first-order chi connectivity index (χ1) is 17.8. The second-order valence-corrected chi connectivity index (χ2v) is 9.87. The molecule has 0 radical (unpaired) electrons. The zero-order valence-electron chi connectivity index (χ0n) is 20.9. The Bertz CT molecular complexity index is 1290. The van der Waals surface area contributed by atoms with Gasteiger partial charge in [-0.15, -0.1) is 0 Å². The fourth-order valence-corrected chi connectivity index (χ4v) is 5.20. The quantitative estimate of drug-likeness (QED) is 0.381. The molecular weight excluding hydrogens is 476 g/mol.